The molecule has 27 heavy (non-hydrogen) atoms. The van der Waals surface area contributed by atoms with E-state index >= 15 is 0 Å². The molecule has 0 saturated carbocycles. The average Bonchev–Trinajstić information content (AvgIpc) is 3.12. The Morgan fingerprint density at radius 3 is 2.41 bits per heavy atom. The lowest BCUT2D eigenvalue weighted by molar-refractivity contribution is -0.149. The van der Waals surface area contributed by atoms with Gasteiger partial charge in [-0.3, -0.25) is 4.68 Å². The van der Waals surface area contributed by atoms with Crippen LogP contribution >= 0.6 is 0 Å². The van der Waals surface area contributed by atoms with Crippen LogP contribution in [-0.4, -0.2) is 44.0 Å². The first-order chi connectivity index (χ1) is 12.6. The number of anilines is 1. The van der Waals surface area contributed by atoms with Crippen LogP contribution < -0.4 is 4.90 Å². The summed E-state index contributed by atoms with van der Waals surface area (Å²) in [7, 11) is 0. The van der Waals surface area contributed by atoms with E-state index in [9.17, 15) is 15.0 Å². The molecule has 0 spiro atoms. The van der Waals surface area contributed by atoms with Crippen LogP contribution in [0.1, 0.15) is 58.0 Å². The van der Waals surface area contributed by atoms with Crippen molar-refractivity contribution in [2.75, 3.05) is 18.0 Å². The van der Waals surface area contributed by atoms with Gasteiger partial charge in [0.15, 0.2) is 5.54 Å². The van der Waals surface area contributed by atoms with Crippen molar-refractivity contribution in [3.05, 3.63) is 41.9 Å². The van der Waals surface area contributed by atoms with Gasteiger partial charge in [0.2, 0.25) is 0 Å². The Bertz CT molecular complexity index is 815. The highest BCUT2D eigenvalue weighted by Gasteiger charge is 2.44. The van der Waals surface area contributed by atoms with Crippen molar-refractivity contribution >= 4 is 11.8 Å². The van der Waals surface area contributed by atoms with Gasteiger partial charge in [0, 0.05) is 37.5 Å². The maximum Gasteiger partial charge on any atom is 0.331 e. The number of aliphatic hydroxyl groups excluding tert-OH is 1. The highest BCUT2D eigenvalue weighted by atomic mass is 16.4. The molecule has 7 nitrogen and oxygen atoms in total. The molecule has 2 N–H and O–H groups in total. The fourth-order valence-electron chi connectivity index (χ4n) is 3.46. The van der Waals surface area contributed by atoms with Gasteiger partial charge in [-0.05, 0) is 25.1 Å². The van der Waals surface area contributed by atoms with E-state index in [-0.39, 0.29) is 5.41 Å². The van der Waals surface area contributed by atoms with E-state index in [0.29, 0.717) is 31.6 Å². The molecule has 3 heterocycles. The third kappa shape index (κ3) is 3.69. The highest BCUT2D eigenvalue weighted by molar-refractivity contribution is 5.77. The Kier molecular flexibility index (Phi) is 4.99. The zero-order valence-corrected chi connectivity index (χ0v) is 16.4. The summed E-state index contributed by atoms with van der Waals surface area (Å²) in [6.45, 7) is 9.01. The van der Waals surface area contributed by atoms with E-state index in [2.05, 4.69) is 35.8 Å². The Morgan fingerprint density at radius 2 is 1.89 bits per heavy atom. The lowest BCUT2D eigenvalue weighted by atomic mass is 9.87. The van der Waals surface area contributed by atoms with Crippen LogP contribution in [0.15, 0.2) is 30.5 Å². The molecule has 3 rings (SSSR count). The first-order valence-corrected chi connectivity index (χ1v) is 9.33. The molecule has 7 heteroatoms. The molecule has 1 aliphatic heterocycles. The number of hydrogen-bond donors (Lipinski definition) is 2. The molecule has 146 valence electrons. The molecule has 2 aromatic heterocycles. The van der Waals surface area contributed by atoms with Gasteiger partial charge in [0.05, 0.1) is 17.5 Å². The Hall–Kier alpha value is -2.41. The maximum atomic E-state index is 12.2. The number of carboxylic acid groups (broad SMARTS) is 1. The van der Waals surface area contributed by atoms with Crippen molar-refractivity contribution in [1.82, 2.24) is 14.8 Å². The number of hydrogen-bond acceptors (Lipinski definition) is 5. The SMILES string of the molecule is CC(O)c1cccc(N2CCC(C(=O)O)(n3ccc(C(C)(C)C)n3)CC2)n1. The molecule has 1 fully saturated rings. The molecular weight excluding hydrogens is 344 g/mol. The summed E-state index contributed by atoms with van der Waals surface area (Å²) in [5, 5.41) is 24.4. The van der Waals surface area contributed by atoms with Gasteiger partial charge in [-0.15, -0.1) is 0 Å². The molecule has 1 saturated heterocycles. The second kappa shape index (κ2) is 6.96. The van der Waals surface area contributed by atoms with Crippen molar-refractivity contribution in [3.8, 4) is 0 Å². The van der Waals surface area contributed by atoms with Crippen molar-refractivity contribution in [2.45, 2.75) is 57.6 Å². The zero-order chi connectivity index (χ0) is 19.8. The normalized spacial score (nSPS) is 18.3. The quantitative estimate of drug-likeness (QED) is 0.857. The Labute approximate surface area is 159 Å². The zero-order valence-electron chi connectivity index (χ0n) is 16.4. The predicted octanol–water partition coefficient (Wildman–Crippen LogP) is 2.71. The van der Waals surface area contributed by atoms with Gasteiger partial charge in [0.1, 0.15) is 5.82 Å². The van der Waals surface area contributed by atoms with Crippen LogP contribution in [0.5, 0.6) is 0 Å². The van der Waals surface area contributed by atoms with E-state index in [1.165, 1.54) is 0 Å². The predicted molar refractivity (Wildman–Crippen MR) is 103 cm³/mol. The molecule has 0 radical (unpaired) electrons. The monoisotopic (exact) mass is 372 g/mol. The van der Waals surface area contributed by atoms with Gasteiger partial charge in [0.25, 0.3) is 0 Å². The van der Waals surface area contributed by atoms with Crippen molar-refractivity contribution < 1.29 is 15.0 Å². The smallest absolute Gasteiger partial charge is 0.331 e. The molecule has 0 aromatic carbocycles. The number of carbonyl (C=O) groups is 1. The summed E-state index contributed by atoms with van der Waals surface area (Å²) in [5.41, 5.74) is 0.333. The number of aliphatic hydroxyl groups is 1. The van der Waals surface area contributed by atoms with Crippen LogP contribution in [0.25, 0.3) is 0 Å². The minimum atomic E-state index is -1.04. The van der Waals surface area contributed by atoms with Crippen LogP contribution in [0.3, 0.4) is 0 Å². The lowest BCUT2D eigenvalue weighted by Crippen LogP contribution is -2.51. The summed E-state index contributed by atoms with van der Waals surface area (Å²) in [4.78, 5) is 18.8. The van der Waals surface area contributed by atoms with E-state index in [4.69, 9.17) is 0 Å². The minimum Gasteiger partial charge on any atom is -0.479 e. The van der Waals surface area contributed by atoms with Crippen molar-refractivity contribution in [1.29, 1.82) is 0 Å². The second-order valence-electron chi connectivity index (χ2n) is 8.32. The number of rotatable bonds is 4. The summed E-state index contributed by atoms with van der Waals surface area (Å²) in [6.07, 6.45) is 2.03. The van der Waals surface area contributed by atoms with Crippen LogP contribution in [0, 0.1) is 0 Å². The number of carboxylic acids is 1. The van der Waals surface area contributed by atoms with Crippen molar-refractivity contribution in [2.24, 2.45) is 0 Å². The van der Waals surface area contributed by atoms with Gasteiger partial charge >= 0.3 is 5.97 Å². The molecule has 0 aliphatic carbocycles. The highest BCUT2D eigenvalue weighted by Crippen LogP contribution is 2.33. The molecule has 2 aromatic rings. The molecular formula is C20H28N4O3. The van der Waals surface area contributed by atoms with Crippen LogP contribution in [0.2, 0.25) is 0 Å². The first-order valence-electron chi connectivity index (χ1n) is 9.33. The molecule has 1 aliphatic rings. The Morgan fingerprint density at radius 1 is 1.22 bits per heavy atom. The van der Waals surface area contributed by atoms with Gasteiger partial charge in [-0.1, -0.05) is 26.8 Å². The fourth-order valence-corrected chi connectivity index (χ4v) is 3.46. The van der Waals surface area contributed by atoms with E-state index in [1.54, 1.807) is 23.9 Å². The number of aromatic nitrogens is 3. The van der Waals surface area contributed by atoms with Gasteiger partial charge in [-0.25, -0.2) is 9.78 Å². The summed E-state index contributed by atoms with van der Waals surface area (Å²) in [5.74, 6) is -0.0837. The topological polar surface area (TPSA) is 91.5 Å². The lowest BCUT2D eigenvalue weighted by Gasteiger charge is -2.39. The fraction of sp³-hybridized carbons (Fsp3) is 0.550. The van der Waals surface area contributed by atoms with Gasteiger partial charge < -0.3 is 15.1 Å². The minimum absolute atomic E-state index is 0.128. The maximum absolute atomic E-state index is 12.2. The van der Waals surface area contributed by atoms with E-state index < -0.39 is 17.6 Å². The molecule has 1 unspecified atom stereocenters. The second-order valence-corrected chi connectivity index (χ2v) is 8.32. The van der Waals surface area contributed by atoms with Gasteiger partial charge in [-0.2, -0.15) is 5.10 Å². The van der Waals surface area contributed by atoms with Crippen LogP contribution in [0.4, 0.5) is 5.82 Å². The number of nitrogens with zero attached hydrogens (tertiary/aromatic N) is 4. The largest absolute Gasteiger partial charge is 0.479 e. The van der Waals surface area contributed by atoms with E-state index in [1.807, 2.05) is 18.2 Å². The number of piperidine rings is 1. The third-order valence-corrected chi connectivity index (χ3v) is 5.29. The van der Waals surface area contributed by atoms with Crippen molar-refractivity contribution in [3.63, 3.8) is 0 Å². The van der Waals surface area contributed by atoms with Crippen LogP contribution in [-0.2, 0) is 15.7 Å². The summed E-state index contributed by atoms with van der Waals surface area (Å²) < 4.78 is 1.63. The van der Waals surface area contributed by atoms with E-state index in [0.717, 1.165) is 11.5 Å². The number of aliphatic carboxylic acids is 1. The molecule has 1 atom stereocenters. The Balaban J connectivity index is 1.83. The average molecular weight is 372 g/mol. The third-order valence-electron chi connectivity index (χ3n) is 5.29. The first kappa shape index (κ1) is 19.4. The standard InChI is InChI=1S/C20H28N4O3/c1-14(25)15-6-5-7-17(21-15)23-12-9-20(10-13-23,18(26)27)24-11-8-16(22-24)19(2,3)4/h5-8,11,14,25H,9-10,12-13H2,1-4H3,(H,26,27). The summed E-state index contributed by atoms with van der Waals surface area (Å²) in [6, 6.07) is 7.46. The molecule has 0 amide bonds. The molecule has 0 bridgehead atoms. The summed E-state index contributed by atoms with van der Waals surface area (Å²) >= 11 is 0. The number of pyridine rings is 1.